The number of hydrogen-bond acceptors (Lipinski definition) is 4. The Labute approximate surface area is 106 Å². The molecule has 0 aromatic carbocycles. The quantitative estimate of drug-likeness (QED) is 0.862. The van der Waals surface area contributed by atoms with Gasteiger partial charge in [0.2, 0.25) is 10.0 Å². The smallest absolute Gasteiger partial charge is 0.287 e. The van der Waals surface area contributed by atoms with Gasteiger partial charge in [0.15, 0.2) is 5.76 Å². The normalized spacial score (nSPS) is 21.1. The second kappa shape index (κ2) is 5.11. The van der Waals surface area contributed by atoms with E-state index in [4.69, 9.17) is 4.42 Å². The van der Waals surface area contributed by atoms with Crippen molar-refractivity contribution in [3.63, 3.8) is 0 Å². The summed E-state index contributed by atoms with van der Waals surface area (Å²) in [6.07, 6.45) is 4.22. The Hall–Kier alpha value is -1.34. The number of amides is 1. The van der Waals surface area contributed by atoms with Gasteiger partial charge < -0.3 is 9.73 Å². The number of hydrogen-bond donors (Lipinski definition) is 1. The van der Waals surface area contributed by atoms with Crippen LogP contribution in [0.1, 0.15) is 23.4 Å². The maximum atomic E-state index is 11.6. The van der Waals surface area contributed by atoms with Crippen LogP contribution >= 0.6 is 0 Å². The van der Waals surface area contributed by atoms with Gasteiger partial charge in [0.25, 0.3) is 5.91 Å². The minimum Gasteiger partial charge on any atom is -0.459 e. The van der Waals surface area contributed by atoms with E-state index in [9.17, 15) is 13.2 Å². The second-order valence-electron chi connectivity index (χ2n) is 4.36. The van der Waals surface area contributed by atoms with E-state index in [1.807, 2.05) is 0 Å². The fourth-order valence-electron chi connectivity index (χ4n) is 2.16. The largest absolute Gasteiger partial charge is 0.459 e. The highest BCUT2D eigenvalue weighted by Crippen LogP contribution is 2.19. The summed E-state index contributed by atoms with van der Waals surface area (Å²) < 4.78 is 29.4. The van der Waals surface area contributed by atoms with Crippen molar-refractivity contribution in [1.82, 2.24) is 9.62 Å². The molecule has 0 spiro atoms. The van der Waals surface area contributed by atoms with Gasteiger partial charge >= 0.3 is 0 Å². The SMILES string of the molecule is CS(=O)(=O)N1CCCC1CNC(=O)c1ccco1. The maximum absolute atomic E-state index is 11.6. The van der Waals surface area contributed by atoms with Crippen molar-refractivity contribution in [2.24, 2.45) is 0 Å². The molecule has 1 aliphatic rings. The average Bonchev–Trinajstić information content (AvgIpc) is 2.95. The maximum Gasteiger partial charge on any atom is 0.287 e. The van der Waals surface area contributed by atoms with Crippen LogP contribution in [0.15, 0.2) is 22.8 Å². The molecule has 100 valence electrons. The van der Waals surface area contributed by atoms with Crippen molar-refractivity contribution in [3.05, 3.63) is 24.2 Å². The molecule has 1 atom stereocenters. The summed E-state index contributed by atoms with van der Waals surface area (Å²) >= 11 is 0. The van der Waals surface area contributed by atoms with Crippen LogP contribution in [-0.2, 0) is 10.0 Å². The van der Waals surface area contributed by atoms with Gasteiger partial charge in [-0.05, 0) is 25.0 Å². The zero-order chi connectivity index (χ0) is 13.2. The van der Waals surface area contributed by atoms with Gasteiger partial charge in [-0.2, -0.15) is 4.31 Å². The van der Waals surface area contributed by atoms with E-state index in [-0.39, 0.29) is 17.7 Å². The summed E-state index contributed by atoms with van der Waals surface area (Å²) in [5.41, 5.74) is 0. The first-order valence-electron chi connectivity index (χ1n) is 5.77. The molecule has 1 aromatic rings. The zero-order valence-electron chi connectivity index (χ0n) is 10.1. The van der Waals surface area contributed by atoms with Crippen LogP contribution in [0.25, 0.3) is 0 Å². The first kappa shape index (κ1) is 13.1. The lowest BCUT2D eigenvalue weighted by atomic mass is 10.2. The van der Waals surface area contributed by atoms with Crippen molar-refractivity contribution in [2.75, 3.05) is 19.3 Å². The van der Waals surface area contributed by atoms with Gasteiger partial charge in [-0.1, -0.05) is 0 Å². The molecule has 2 heterocycles. The molecule has 1 saturated heterocycles. The Morgan fingerprint density at radius 3 is 3.00 bits per heavy atom. The molecule has 18 heavy (non-hydrogen) atoms. The minimum absolute atomic E-state index is 0.154. The number of rotatable bonds is 4. The monoisotopic (exact) mass is 272 g/mol. The Kier molecular flexibility index (Phi) is 3.72. The Balaban J connectivity index is 1.92. The van der Waals surface area contributed by atoms with Crippen molar-refractivity contribution in [2.45, 2.75) is 18.9 Å². The van der Waals surface area contributed by atoms with Gasteiger partial charge in [0, 0.05) is 19.1 Å². The molecule has 1 N–H and O–H groups in total. The summed E-state index contributed by atoms with van der Waals surface area (Å²) in [7, 11) is -3.19. The number of sulfonamides is 1. The van der Waals surface area contributed by atoms with E-state index >= 15 is 0 Å². The van der Waals surface area contributed by atoms with Crippen LogP contribution in [0, 0.1) is 0 Å². The number of carbonyl (C=O) groups excluding carboxylic acids is 1. The van der Waals surface area contributed by atoms with Crippen molar-refractivity contribution in [3.8, 4) is 0 Å². The Bertz CT molecular complexity index is 509. The first-order chi connectivity index (χ1) is 8.48. The van der Waals surface area contributed by atoms with Gasteiger partial charge in [-0.15, -0.1) is 0 Å². The molecule has 1 aromatic heterocycles. The van der Waals surface area contributed by atoms with E-state index in [1.165, 1.54) is 16.8 Å². The predicted molar refractivity (Wildman–Crippen MR) is 65.6 cm³/mol. The molecule has 6 nitrogen and oxygen atoms in total. The minimum atomic E-state index is -3.19. The molecule has 1 unspecified atom stereocenters. The third-order valence-corrected chi connectivity index (χ3v) is 4.32. The highest BCUT2D eigenvalue weighted by molar-refractivity contribution is 7.88. The first-order valence-corrected chi connectivity index (χ1v) is 7.62. The second-order valence-corrected chi connectivity index (χ2v) is 6.29. The topological polar surface area (TPSA) is 79.6 Å². The summed E-state index contributed by atoms with van der Waals surface area (Å²) in [5.74, 6) is -0.0840. The predicted octanol–water partition coefficient (Wildman–Crippen LogP) is 0.433. The zero-order valence-corrected chi connectivity index (χ0v) is 10.9. The summed E-state index contributed by atoms with van der Waals surface area (Å²) in [4.78, 5) is 11.6. The van der Waals surface area contributed by atoms with Crippen LogP contribution in [0.2, 0.25) is 0 Å². The molecule has 2 rings (SSSR count). The number of nitrogens with one attached hydrogen (secondary N) is 1. The van der Waals surface area contributed by atoms with E-state index in [1.54, 1.807) is 12.1 Å². The fraction of sp³-hybridized carbons (Fsp3) is 0.545. The van der Waals surface area contributed by atoms with Gasteiger partial charge in [-0.3, -0.25) is 4.79 Å². The van der Waals surface area contributed by atoms with Gasteiger partial charge in [0.05, 0.1) is 12.5 Å². The van der Waals surface area contributed by atoms with E-state index < -0.39 is 10.0 Å². The molecular formula is C11H16N2O4S. The van der Waals surface area contributed by atoms with Crippen LogP contribution in [-0.4, -0.2) is 44.0 Å². The molecule has 0 radical (unpaired) electrons. The third-order valence-electron chi connectivity index (χ3n) is 2.99. The molecule has 1 aliphatic heterocycles. The van der Waals surface area contributed by atoms with Crippen LogP contribution < -0.4 is 5.32 Å². The number of nitrogens with zero attached hydrogens (tertiary/aromatic N) is 1. The lowest BCUT2D eigenvalue weighted by Crippen LogP contribution is -2.42. The standard InChI is InChI=1S/C11H16N2O4S/c1-18(15,16)13-6-2-4-9(13)8-12-11(14)10-5-3-7-17-10/h3,5,7,9H,2,4,6,8H2,1H3,(H,12,14). The molecule has 0 saturated carbocycles. The van der Waals surface area contributed by atoms with E-state index in [0.717, 1.165) is 12.8 Å². The van der Waals surface area contributed by atoms with E-state index in [2.05, 4.69) is 5.32 Å². The number of furan rings is 1. The van der Waals surface area contributed by atoms with Crippen LogP contribution in [0.3, 0.4) is 0 Å². The van der Waals surface area contributed by atoms with Crippen molar-refractivity contribution in [1.29, 1.82) is 0 Å². The highest BCUT2D eigenvalue weighted by atomic mass is 32.2. The lowest BCUT2D eigenvalue weighted by Gasteiger charge is -2.22. The molecule has 7 heteroatoms. The summed E-state index contributed by atoms with van der Waals surface area (Å²) in [6, 6.07) is 3.05. The van der Waals surface area contributed by atoms with Crippen molar-refractivity contribution < 1.29 is 17.6 Å². The van der Waals surface area contributed by atoms with E-state index in [0.29, 0.717) is 13.1 Å². The molecule has 1 fully saturated rings. The molecule has 0 bridgehead atoms. The summed E-state index contributed by atoms with van der Waals surface area (Å²) in [6.45, 7) is 0.840. The average molecular weight is 272 g/mol. The highest BCUT2D eigenvalue weighted by Gasteiger charge is 2.31. The number of carbonyl (C=O) groups is 1. The van der Waals surface area contributed by atoms with Gasteiger partial charge in [0.1, 0.15) is 0 Å². The van der Waals surface area contributed by atoms with Crippen LogP contribution in [0.5, 0.6) is 0 Å². The molecule has 0 aliphatic carbocycles. The third kappa shape index (κ3) is 2.91. The Morgan fingerprint density at radius 2 is 2.39 bits per heavy atom. The summed E-state index contributed by atoms with van der Waals surface area (Å²) in [5, 5.41) is 2.69. The Morgan fingerprint density at radius 1 is 1.61 bits per heavy atom. The molecule has 1 amide bonds. The van der Waals surface area contributed by atoms with Gasteiger partial charge in [-0.25, -0.2) is 8.42 Å². The fourth-order valence-corrected chi connectivity index (χ4v) is 3.34. The van der Waals surface area contributed by atoms with Crippen LogP contribution in [0.4, 0.5) is 0 Å². The van der Waals surface area contributed by atoms with Crippen molar-refractivity contribution >= 4 is 15.9 Å². The lowest BCUT2D eigenvalue weighted by molar-refractivity contribution is 0.0919. The molecular weight excluding hydrogens is 256 g/mol.